The topological polar surface area (TPSA) is 64.3 Å². The van der Waals surface area contributed by atoms with Crippen LogP contribution in [0.5, 0.6) is 5.75 Å². The van der Waals surface area contributed by atoms with E-state index in [1.54, 1.807) is 0 Å². The number of ether oxygens (including phenoxy) is 1. The van der Waals surface area contributed by atoms with E-state index in [0.717, 1.165) is 5.75 Å². The molecule has 0 bridgehead atoms. The van der Waals surface area contributed by atoms with Crippen molar-refractivity contribution in [2.75, 3.05) is 6.61 Å². The summed E-state index contributed by atoms with van der Waals surface area (Å²) in [5.41, 5.74) is 4.50. The van der Waals surface area contributed by atoms with Crippen molar-refractivity contribution in [3.05, 3.63) is 29.3 Å². The molecule has 0 heterocycles. The minimum Gasteiger partial charge on any atom is -0.493 e. The summed E-state index contributed by atoms with van der Waals surface area (Å²) in [6.07, 6.45) is 1.04. The van der Waals surface area contributed by atoms with Gasteiger partial charge in [0, 0.05) is 6.42 Å². The van der Waals surface area contributed by atoms with E-state index in [0.29, 0.717) is 19.4 Å². The molecule has 1 aromatic carbocycles. The summed E-state index contributed by atoms with van der Waals surface area (Å²) in [5, 5.41) is 0. The highest BCUT2D eigenvalue weighted by Crippen LogP contribution is 2.32. The molecule has 4 heteroatoms. The minimum absolute atomic E-state index is 0.0394. The molecule has 0 saturated carbocycles. The predicted octanol–water partition coefficient (Wildman–Crippen LogP) is 2.44. The summed E-state index contributed by atoms with van der Waals surface area (Å²) in [6, 6.07) is 6.25. The van der Waals surface area contributed by atoms with Crippen LogP contribution in [0.4, 0.5) is 0 Å². The number of carbonyl (C=O) groups excluding carboxylic acids is 1. The highest BCUT2D eigenvalue weighted by atomic mass is 16.5. The fourth-order valence-corrected chi connectivity index (χ4v) is 1.86. The van der Waals surface area contributed by atoms with Gasteiger partial charge < -0.3 is 4.74 Å². The van der Waals surface area contributed by atoms with Crippen molar-refractivity contribution in [2.45, 2.75) is 46.0 Å². The zero-order valence-corrected chi connectivity index (χ0v) is 12.2. The van der Waals surface area contributed by atoms with Gasteiger partial charge in [0.05, 0.1) is 6.61 Å². The third-order valence-electron chi connectivity index (χ3n) is 2.91. The molecule has 1 aromatic rings. The van der Waals surface area contributed by atoms with Crippen molar-refractivity contribution in [1.29, 1.82) is 0 Å². The lowest BCUT2D eigenvalue weighted by Gasteiger charge is -2.23. The summed E-state index contributed by atoms with van der Waals surface area (Å²) >= 11 is 0. The lowest BCUT2D eigenvalue weighted by Crippen LogP contribution is -2.30. The van der Waals surface area contributed by atoms with Gasteiger partial charge in [0.1, 0.15) is 5.75 Å². The van der Waals surface area contributed by atoms with E-state index in [2.05, 4.69) is 38.3 Å². The average Bonchev–Trinajstić information content (AvgIpc) is 2.32. The van der Waals surface area contributed by atoms with Crippen LogP contribution in [0.3, 0.4) is 0 Å². The van der Waals surface area contributed by atoms with Crippen LogP contribution in [0.25, 0.3) is 0 Å². The number of carbonyl (C=O) groups is 1. The van der Waals surface area contributed by atoms with Crippen LogP contribution >= 0.6 is 0 Å². The summed E-state index contributed by atoms with van der Waals surface area (Å²) in [6.45, 7) is 9.03. The second-order valence-electron chi connectivity index (χ2n) is 5.77. The molecule has 0 radical (unpaired) electrons. The molecule has 1 rings (SSSR count). The number of nitrogens with two attached hydrogens (primary N) is 1. The fraction of sp³-hybridized carbons (Fsp3) is 0.533. The van der Waals surface area contributed by atoms with E-state index in [4.69, 9.17) is 10.6 Å². The zero-order chi connectivity index (χ0) is 14.5. The van der Waals surface area contributed by atoms with E-state index < -0.39 is 0 Å². The lowest BCUT2D eigenvalue weighted by molar-refractivity contribution is -0.121. The molecule has 0 aromatic heterocycles. The molecule has 19 heavy (non-hydrogen) atoms. The molecule has 0 aliphatic carbocycles. The van der Waals surface area contributed by atoms with E-state index in [9.17, 15) is 4.79 Å². The zero-order valence-electron chi connectivity index (χ0n) is 12.2. The molecule has 0 aliphatic rings. The van der Waals surface area contributed by atoms with Gasteiger partial charge in [0.25, 0.3) is 0 Å². The molecule has 106 valence electrons. The van der Waals surface area contributed by atoms with Gasteiger partial charge in [-0.25, -0.2) is 5.84 Å². The lowest BCUT2D eigenvalue weighted by atomic mass is 9.86. The summed E-state index contributed by atoms with van der Waals surface area (Å²) in [5.74, 6) is 5.77. The third kappa shape index (κ3) is 4.91. The fourth-order valence-electron chi connectivity index (χ4n) is 1.86. The van der Waals surface area contributed by atoms with Gasteiger partial charge in [-0.05, 0) is 36.0 Å². The maximum absolute atomic E-state index is 11.0. The number of hydrogen-bond donors (Lipinski definition) is 2. The highest BCUT2D eigenvalue weighted by Gasteiger charge is 2.18. The van der Waals surface area contributed by atoms with Crippen LogP contribution in [0.2, 0.25) is 0 Å². The van der Waals surface area contributed by atoms with Gasteiger partial charge >= 0.3 is 0 Å². The quantitative estimate of drug-likeness (QED) is 0.371. The molecule has 4 nitrogen and oxygen atoms in total. The SMILES string of the molecule is Cc1ccc(C(C)(C)C)c(OCCCC(=O)NN)c1. The van der Waals surface area contributed by atoms with Gasteiger partial charge in [-0.15, -0.1) is 0 Å². The number of nitrogens with one attached hydrogen (secondary N) is 1. The Labute approximate surface area is 115 Å². The number of rotatable bonds is 5. The first-order chi connectivity index (χ1) is 8.84. The molecular formula is C15H24N2O2. The number of benzene rings is 1. The summed E-state index contributed by atoms with van der Waals surface area (Å²) in [4.78, 5) is 11.0. The van der Waals surface area contributed by atoms with Crippen LogP contribution in [0.15, 0.2) is 18.2 Å². The molecule has 0 unspecified atom stereocenters. The van der Waals surface area contributed by atoms with Gasteiger partial charge in [-0.2, -0.15) is 0 Å². The monoisotopic (exact) mass is 264 g/mol. The van der Waals surface area contributed by atoms with Crippen LogP contribution in [-0.2, 0) is 10.2 Å². The molecule has 0 saturated heterocycles. The van der Waals surface area contributed by atoms with E-state index >= 15 is 0 Å². The summed E-state index contributed by atoms with van der Waals surface area (Å²) in [7, 11) is 0. The molecule has 0 atom stereocenters. The normalized spacial score (nSPS) is 11.2. The van der Waals surface area contributed by atoms with Crippen LogP contribution in [0, 0.1) is 6.92 Å². The Morgan fingerprint density at radius 2 is 2.05 bits per heavy atom. The second-order valence-corrected chi connectivity index (χ2v) is 5.77. The average molecular weight is 264 g/mol. The molecule has 1 amide bonds. The number of amides is 1. The number of hydrazine groups is 1. The van der Waals surface area contributed by atoms with Gasteiger partial charge in [-0.3, -0.25) is 10.2 Å². The predicted molar refractivity (Wildman–Crippen MR) is 76.9 cm³/mol. The van der Waals surface area contributed by atoms with Crippen LogP contribution in [-0.4, -0.2) is 12.5 Å². The Kier molecular flexibility index (Phi) is 5.36. The Hall–Kier alpha value is -1.55. The van der Waals surface area contributed by atoms with E-state index in [1.165, 1.54) is 11.1 Å². The van der Waals surface area contributed by atoms with E-state index in [-0.39, 0.29) is 11.3 Å². The first kappa shape index (κ1) is 15.5. The Bertz CT molecular complexity index is 436. The van der Waals surface area contributed by atoms with E-state index in [1.807, 2.05) is 13.0 Å². The standard InChI is InChI=1S/C15H24N2O2/c1-11-7-8-12(15(2,3)4)13(10-11)19-9-5-6-14(18)17-16/h7-8,10H,5-6,9,16H2,1-4H3,(H,17,18). The maximum Gasteiger partial charge on any atom is 0.234 e. The molecule has 3 N–H and O–H groups in total. The maximum atomic E-state index is 11.0. The smallest absolute Gasteiger partial charge is 0.234 e. The largest absolute Gasteiger partial charge is 0.493 e. The van der Waals surface area contributed by atoms with Gasteiger partial charge in [-0.1, -0.05) is 32.9 Å². The highest BCUT2D eigenvalue weighted by molar-refractivity contribution is 5.75. The Morgan fingerprint density at radius 3 is 2.63 bits per heavy atom. The Morgan fingerprint density at radius 1 is 1.37 bits per heavy atom. The van der Waals surface area contributed by atoms with Crippen molar-refractivity contribution in [2.24, 2.45) is 5.84 Å². The van der Waals surface area contributed by atoms with Crippen molar-refractivity contribution < 1.29 is 9.53 Å². The van der Waals surface area contributed by atoms with Crippen molar-refractivity contribution in [3.63, 3.8) is 0 Å². The molecule has 0 aliphatic heterocycles. The summed E-state index contributed by atoms with van der Waals surface area (Å²) < 4.78 is 5.82. The van der Waals surface area contributed by atoms with Gasteiger partial charge in [0.2, 0.25) is 5.91 Å². The molecule has 0 spiro atoms. The molecule has 0 fully saturated rings. The van der Waals surface area contributed by atoms with Crippen molar-refractivity contribution in [3.8, 4) is 5.75 Å². The minimum atomic E-state index is -0.163. The number of aryl methyl sites for hydroxylation is 1. The first-order valence-electron chi connectivity index (χ1n) is 6.58. The van der Waals surface area contributed by atoms with Gasteiger partial charge in [0.15, 0.2) is 0 Å². The third-order valence-corrected chi connectivity index (χ3v) is 2.91. The second kappa shape index (κ2) is 6.57. The van der Waals surface area contributed by atoms with Crippen molar-refractivity contribution >= 4 is 5.91 Å². The van der Waals surface area contributed by atoms with Crippen LogP contribution < -0.4 is 16.0 Å². The van der Waals surface area contributed by atoms with Crippen LogP contribution in [0.1, 0.15) is 44.7 Å². The molecular weight excluding hydrogens is 240 g/mol. The Balaban J connectivity index is 2.66. The number of hydrogen-bond acceptors (Lipinski definition) is 3. The van der Waals surface area contributed by atoms with Crippen molar-refractivity contribution in [1.82, 2.24) is 5.43 Å². The first-order valence-corrected chi connectivity index (χ1v) is 6.58.